The molecule has 1 N–H and O–H groups in total. The van der Waals surface area contributed by atoms with Gasteiger partial charge in [-0.25, -0.2) is 0 Å². The third kappa shape index (κ3) is 4.62. The highest BCUT2D eigenvalue weighted by molar-refractivity contribution is 5.84. The Kier molecular flexibility index (Phi) is 6.26. The van der Waals surface area contributed by atoms with E-state index in [1.54, 1.807) is 0 Å². The van der Waals surface area contributed by atoms with Crippen molar-refractivity contribution in [3.05, 3.63) is 0 Å². The van der Waals surface area contributed by atoms with Crippen LogP contribution in [-0.4, -0.2) is 84.5 Å². The minimum Gasteiger partial charge on any atom is -0.337 e. The van der Waals surface area contributed by atoms with Crippen molar-refractivity contribution in [2.45, 2.75) is 32.1 Å². The van der Waals surface area contributed by atoms with Gasteiger partial charge in [0.25, 0.3) is 0 Å². The standard InChI is InChI=1S/C15H23F3N4O3/c1-2-22(14(25)15(16,17)18)12-8-20(13(24)9-21(12)10-23)7-11-3-5-19-6-4-11/h10-12,19H,2-9H2,1H3. The first-order valence-electron chi connectivity index (χ1n) is 8.35. The first-order valence-corrected chi connectivity index (χ1v) is 8.35. The Bertz CT molecular complexity index is 509. The van der Waals surface area contributed by atoms with E-state index in [0.717, 1.165) is 30.8 Å². The van der Waals surface area contributed by atoms with E-state index in [0.29, 0.717) is 17.9 Å². The summed E-state index contributed by atoms with van der Waals surface area (Å²) in [7, 11) is 0. The number of halogens is 3. The largest absolute Gasteiger partial charge is 0.471 e. The number of rotatable bonds is 5. The molecule has 2 heterocycles. The summed E-state index contributed by atoms with van der Waals surface area (Å²) in [6.07, 6.45) is -4.03. The quantitative estimate of drug-likeness (QED) is 0.699. The smallest absolute Gasteiger partial charge is 0.337 e. The molecule has 2 saturated heterocycles. The molecule has 0 bridgehead atoms. The Morgan fingerprint density at radius 1 is 1.36 bits per heavy atom. The van der Waals surface area contributed by atoms with Crippen LogP contribution in [0.2, 0.25) is 0 Å². The van der Waals surface area contributed by atoms with Gasteiger partial charge in [-0.3, -0.25) is 14.4 Å². The SMILES string of the molecule is CCN(C(=O)C(F)(F)F)C1CN(CC2CCNCC2)C(=O)CN1C=O. The summed E-state index contributed by atoms with van der Waals surface area (Å²) in [6, 6.07) is 0. The molecule has 2 rings (SSSR count). The van der Waals surface area contributed by atoms with E-state index in [-0.39, 0.29) is 31.5 Å². The highest BCUT2D eigenvalue weighted by Gasteiger charge is 2.47. The van der Waals surface area contributed by atoms with Crippen molar-refractivity contribution in [3.8, 4) is 0 Å². The molecule has 0 radical (unpaired) electrons. The molecule has 2 aliphatic heterocycles. The lowest BCUT2D eigenvalue weighted by molar-refractivity contribution is -0.193. The molecule has 0 aromatic rings. The third-order valence-corrected chi connectivity index (χ3v) is 4.71. The number of carbonyl (C=O) groups is 3. The lowest BCUT2D eigenvalue weighted by atomic mass is 9.97. The number of amides is 3. The maximum atomic E-state index is 12.8. The van der Waals surface area contributed by atoms with E-state index >= 15 is 0 Å². The maximum absolute atomic E-state index is 12.8. The lowest BCUT2D eigenvalue weighted by Gasteiger charge is -2.45. The van der Waals surface area contributed by atoms with Gasteiger partial charge in [0.05, 0.1) is 6.54 Å². The fraction of sp³-hybridized carbons (Fsp3) is 0.800. The molecular weight excluding hydrogens is 341 g/mol. The summed E-state index contributed by atoms with van der Waals surface area (Å²) >= 11 is 0. The highest BCUT2D eigenvalue weighted by Crippen LogP contribution is 2.24. The van der Waals surface area contributed by atoms with Crippen molar-refractivity contribution >= 4 is 18.2 Å². The summed E-state index contributed by atoms with van der Waals surface area (Å²) in [5.74, 6) is -2.04. The van der Waals surface area contributed by atoms with Gasteiger partial charge < -0.3 is 20.0 Å². The zero-order valence-electron chi connectivity index (χ0n) is 14.1. The van der Waals surface area contributed by atoms with E-state index < -0.39 is 18.2 Å². The molecule has 10 heteroatoms. The summed E-state index contributed by atoms with van der Waals surface area (Å²) in [5, 5.41) is 3.21. The van der Waals surface area contributed by atoms with Crippen LogP contribution in [0.4, 0.5) is 13.2 Å². The average Bonchev–Trinajstić information content (AvgIpc) is 2.58. The van der Waals surface area contributed by atoms with Crippen molar-refractivity contribution in [2.75, 3.05) is 39.3 Å². The molecule has 2 fully saturated rings. The monoisotopic (exact) mass is 364 g/mol. The maximum Gasteiger partial charge on any atom is 0.471 e. The molecule has 1 unspecified atom stereocenters. The van der Waals surface area contributed by atoms with E-state index in [9.17, 15) is 27.6 Å². The van der Waals surface area contributed by atoms with Crippen LogP contribution < -0.4 is 5.32 Å². The van der Waals surface area contributed by atoms with Gasteiger partial charge in [-0.2, -0.15) is 13.2 Å². The molecule has 1 atom stereocenters. The number of hydrogen-bond acceptors (Lipinski definition) is 4. The predicted molar refractivity (Wildman–Crippen MR) is 82.2 cm³/mol. The Morgan fingerprint density at radius 2 is 2.00 bits per heavy atom. The number of nitrogens with one attached hydrogen (secondary N) is 1. The third-order valence-electron chi connectivity index (χ3n) is 4.71. The molecule has 0 aromatic carbocycles. The van der Waals surface area contributed by atoms with Gasteiger partial charge in [0.2, 0.25) is 12.3 Å². The Labute approximate surface area is 144 Å². The fourth-order valence-corrected chi connectivity index (χ4v) is 3.36. The zero-order valence-corrected chi connectivity index (χ0v) is 14.1. The number of piperidine rings is 1. The van der Waals surface area contributed by atoms with Crippen LogP contribution in [-0.2, 0) is 14.4 Å². The number of alkyl halides is 3. The number of likely N-dealkylation sites (N-methyl/N-ethyl adjacent to an activating group) is 1. The highest BCUT2D eigenvalue weighted by atomic mass is 19.4. The van der Waals surface area contributed by atoms with Gasteiger partial charge in [0, 0.05) is 13.1 Å². The second kappa shape index (κ2) is 8.03. The van der Waals surface area contributed by atoms with Crippen LogP contribution in [0.15, 0.2) is 0 Å². The Balaban J connectivity index is 2.14. The molecule has 7 nitrogen and oxygen atoms in total. The van der Waals surface area contributed by atoms with Crippen LogP contribution in [0.3, 0.4) is 0 Å². The van der Waals surface area contributed by atoms with Crippen molar-refractivity contribution < 1.29 is 27.6 Å². The molecule has 0 saturated carbocycles. The van der Waals surface area contributed by atoms with Gasteiger partial charge in [-0.15, -0.1) is 0 Å². The van der Waals surface area contributed by atoms with Crippen LogP contribution in [0.5, 0.6) is 0 Å². The summed E-state index contributed by atoms with van der Waals surface area (Å²) in [5.41, 5.74) is 0. The van der Waals surface area contributed by atoms with Gasteiger partial charge in [-0.05, 0) is 38.8 Å². The number of hydrogen-bond donors (Lipinski definition) is 1. The minimum atomic E-state index is -5.02. The zero-order chi connectivity index (χ0) is 18.6. The van der Waals surface area contributed by atoms with Crippen molar-refractivity contribution in [1.29, 1.82) is 0 Å². The van der Waals surface area contributed by atoms with E-state index in [1.807, 2.05) is 0 Å². The van der Waals surface area contributed by atoms with Gasteiger partial charge in [0.1, 0.15) is 12.7 Å². The summed E-state index contributed by atoms with van der Waals surface area (Å²) in [6.45, 7) is 2.90. The van der Waals surface area contributed by atoms with Crippen LogP contribution in [0, 0.1) is 5.92 Å². The second-order valence-electron chi connectivity index (χ2n) is 6.34. The van der Waals surface area contributed by atoms with Crippen molar-refractivity contribution in [2.24, 2.45) is 5.92 Å². The Morgan fingerprint density at radius 3 is 2.52 bits per heavy atom. The topological polar surface area (TPSA) is 73.0 Å². The number of carbonyl (C=O) groups excluding carboxylic acids is 3. The normalized spacial score (nSPS) is 22.9. The predicted octanol–water partition coefficient (Wildman–Crippen LogP) is 0.0235. The van der Waals surface area contributed by atoms with E-state index in [2.05, 4.69) is 5.32 Å². The van der Waals surface area contributed by atoms with Crippen molar-refractivity contribution in [1.82, 2.24) is 20.0 Å². The minimum absolute atomic E-state index is 0.100. The molecule has 0 aromatic heterocycles. The van der Waals surface area contributed by atoms with E-state index in [1.165, 1.54) is 11.8 Å². The molecule has 3 amide bonds. The molecule has 0 spiro atoms. The first kappa shape index (κ1) is 19.5. The molecular formula is C15H23F3N4O3. The lowest BCUT2D eigenvalue weighted by Crippen LogP contribution is -2.64. The van der Waals surface area contributed by atoms with Gasteiger partial charge >= 0.3 is 12.1 Å². The van der Waals surface area contributed by atoms with Crippen molar-refractivity contribution in [3.63, 3.8) is 0 Å². The fourth-order valence-electron chi connectivity index (χ4n) is 3.36. The average molecular weight is 364 g/mol. The summed E-state index contributed by atoms with van der Waals surface area (Å²) < 4.78 is 38.5. The molecule has 2 aliphatic rings. The van der Waals surface area contributed by atoms with Crippen LogP contribution >= 0.6 is 0 Å². The van der Waals surface area contributed by atoms with Gasteiger partial charge in [0.15, 0.2) is 0 Å². The van der Waals surface area contributed by atoms with Crippen LogP contribution in [0.25, 0.3) is 0 Å². The molecule has 142 valence electrons. The summed E-state index contributed by atoms with van der Waals surface area (Å²) in [4.78, 5) is 38.2. The van der Waals surface area contributed by atoms with Crippen LogP contribution in [0.1, 0.15) is 19.8 Å². The molecule has 0 aliphatic carbocycles. The second-order valence-corrected chi connectivity index (χ2v) is 6.34. The molecule has 25 heavy (non-hydrogen) atoms. The first-order chi connectivity index (χ1) is 11.8. The number of nitrogens with zero attached hydrogens (tertiary/aromatic N) is 3. The number of piperazine rings is 1. The van der Waals surface area contributed by atoms with Gasteiger partial charge in [-0.1, -0.05) is 0 Å². The Hall–Kier alpha value is -1.84. The van der Waals surface area contributed by atoms with E-state index in [4.69, 9.17) is 0 Å².